The lowest BCUT2D eigenvalue weighted by molar-refractivity contribution is -0.124. The average Bonchev–Trinajstić information content (AvgIpc) is 2.89. The van der Waals surface area contributed by atoms with Crippen LogP contribution in [0.2, 0.25) is 0 Å². The van der Waals surface area contributed by atoms with Crippen LogP contribution in [-0.2, 0) is 11.3 Å². The number of ether oxygens (including phenoxy) is 3. The van der Waals surface area contributed by atoms with Crippen molar-refractivity contribution < 1.29 is 27.8 Å². The van der Waals surface area contributed by atoms with E-state index in [0.717, 1.165) is 0 Å². The Morgan fingerprint density at radius 1 is 1.43 bits per heavy atom. The number of nitrogens with two attached hydrogens (primary N) is 1. The predicted molar refractivity (Wildman–Crippen MR) is 69.3 cm³/mol. The third-order valence-corrected chi connectivity index (χ3v) is 3.03. The van der Waals surface area contributed by atoms with Gasteiger partial charge in [0, 0.05) is 30.6 Å². The van der Waals surface area contributed by atoms with Crippen LogP contribution in [0.4, 0.5) is 8.78 Å². The largest absolute Gasteiger partial charge is 0.454 e. The summed E-state index contributed by atoms with van der Waals surface area (Å²) in [6.07, 6.45) is 0. The van der Waals surface area contributed by atoms with Gasteiger partial charge < -0.3 is 25.3 Å². The zero-order valence-electron chi connectivity index (χ0n) is 11.4. The molecule has 2 rings (SSSR count). The summed E-state index contributed by atoms with van der Waals surface area (Å²) in [5.41, 5.74) is 5.76. The number of carbonyl (C=O) groups excluding carboxylic acids is 1. The van der Waals surface area contributed by atoms with E-state index in [1.165, 1.54) is 12.1 Å². The normalized spacial score (nSPS) is 14.1. The van der Waals surface area contributed by atoms with Crippen molar-refractivity contribution in [1.29, 1.82) is 0 Å². The van der Waals surface area contributed by atoms with Crippen LogP contribution in [-0.4, -0.2) is 25.9 Å². The summed E-state index contributed by atoms with van der Waals surface area (Å²) in [7, 11) is 0. The molecule has 0 bridgehead atoms. The molecule has 0 aliphatic carbocycles. The minimum Gasteiger partial charge on any atom is -0.454 e. The highest BCUT2D eigenvalue weighted by Crippen LogP contribution is 2.38. The second-order valence-corrected chi connectivity index (χ2v) is 4.55. The van der Waals surface area contributed by atoms with Crippen molar-refractivity contribution in [3.63, 3.8) is 0 Å². The Morgan fingerprint density at radius 3 is 2.71 bits per heavy atom. The first-order valence-electron chi connectivity index (χ1n) is 6.36. The van der Waals surface area contributed by atoms with Gasteiger partial charge in [0.05, 0.1) is 0 Å². The number of hydrogen-bond acceptors (Lipinski definition) is 5. The summed E-state index contributed by atoms with van der Waals surface area (Å²) in [4.78, 5) is 11.7. The van der Waals surface area contributed by atoms with E-state index in [4.69, 9.17) is 15.2 Å². The molecular weight excluding hydrogens is 286 g/mol. The van der Waals surface area contributed by atoms with E-state index in [0.29, 0.717) is 17.1 Å². The quantitative estimate of drug-likeness (QED) is 0.826. The summed E-state index contributed by atoms with van der Waals surface area (Å²) in [5.74, 6) is 0.0652. The fourth-order valence-electron chi connectivity index (χ4n) is 1.77. The maximum Gasteiger partial charge on any atom is 0.387 e. The standard InChI is InChI=1S/C13H16F2N2O4/c1-7(4-16)12(18)17-5-8-2-10-11(20-6-19-10)3-9(8)21-13(14)15/h2-3,7,13H,4-6,16H2,1H3,(H,17,18). The third kappa shape index (κ3) is 3.72. The molecule has 21 heavy (non-hydrogen) atoms. The molecule has 0 fully saturated rings. The molecule has 1 atom stereocenters. The van der Waals surface area contributed by atoms with Gasteiger partial charge in [0.2, 0.25) is 12.7 Å². The number of rotatable bonds is 6. The molecule has 6 nitrogen and oxygen atoms in total. The molecule has 0 radical (unpaired) electrons. The van der Waals surface area contributed by atoms with Crippen molar-refractivity contribution in [2.75, 3.05) is 13.3 Å². The first-order chi connectivity index (χ1) is 10.0. The number of benzene rings is 1. The topological polar surface area (TPSA) is 82.8 Å². The molecule has 0 aromatic heterocycles. The monoisotopic (exact) mass is 302 g/mol. The molecule has 0 spiro atoms. The fourth-order valence-corrected chi connectivity index (χ4v) is 1.77. The molecule has 3 N–H and O–H groups in total. The minimum atomic E-state index is -2.97. The van der Waals surface area contributed by atoms with Crippen molar-refractivity contribution in [3.8, 4) is 17.2 Å². The molecule has 1 unspecified atom stereocenters. The van der Waals surface area contributed by atoms with Gasteiger partial charge in [-0.15, -0.1) is 0 Å². The van der Waals surface area contributed by atoms with Gasteiger partial charge in [-0.1, -0.05) is 6.92 Å². The maximum atomic E-state index is 12.4. The molecule has 1 amide bonds. The van der Waals surface area contributed by atoms with Crippen molar-refractivity contribution in [3.05, 3.63) is 17.7 Å². The second kappa shape index (κ2) is 6.57. The first-order valence-corrected chi connectivity index (χ1v) is 6.36. The van der Waals surface area contributed by atoms with Gasteiger partial charge in [-0.25, -0.2) is 0 Å². The van der Waals surface area contributed by atoms with E-state index >= 15 is 0 Å². The van der Waals surface area contributed by atoms with E-state index in [-0.39, 0.29) is 37.5 Å². The highest BCUT2D eigenvalue weighted by atomic mass is 19.3. The minimum absolute atomic E-state index is 0.0173. The molecule has 0 saturated heterocycles. The van der Waals surface area contributed by atoms with Crippen LogP contribution in [0.15, 0.2) is 12.1 Å². The summed E-state index contributed by atoms with van der Waals surface area (Å²) in [6.45, 7) is -1.05. The molecule has 8 heteroatoms. The Hall–Kier alpha value is -2.09. The number of hydrogen-bond donors (Lipinski definition) is 2. The van der Waals surface area contributed by atoms with Crippen molar-refractivity contribution >= 4 is 5.91 Å². The van der Waals surface area contributed by atoms with E-state index < -0.39 is 6.61 Å². The lowest BCUT2D eigenvalue weighted by atomic mass is 10.1. The maximum absolute atomic E-state index is 12.4. The number of halogens is 2. The van der Waals surface area contributed by atoms with Gasteiger partial charge in [0.25, 0.3) is 0 Å². The highest BCUT2D eigenvalue weighted by molar-refractivity contribution is 5.78. The summed E-state index contributed by atoms with van der Waals surface area (Å²) in [5, 5.41) is 2.61. The van der Waals surface area contributed by atoms with E-state index in [2.05, 4.69) is 10.1 Å². The highest BCUT2D eigenvalue weighted by Gasteiger charge is 2.20. The van der Waals surface area contributed by atoms with Gasteiger partial charge >= 0.3 is 6.61 Å². The molecule has 1 aromatic carbocycles. The van der Waals surface area contributed by atoms with E-state index in [1.54, 1.807) is 6.92 Å². The summed E-state index contributed by atoms with van der Waals surface area (Å²) >= 11 is 0. The zero-order valence-corrected chi connectivity index (χ0v) is 11.4. The predicted octanol–water partition coefficient (Wildman–Crippen LogP) is 1.23. The number of nitrogens with one attached hydrogen (secondary N) is 1. The fraction of sp³-hybridized carbons (Fsp3) is 0.462. The molecule has 1 heterocycles. The van der Waals surface area contributed by atoms with Gasteiger partial charge in [0.1, 0.15) is 5.75 Å². The van der Waals surface area contributed by atoms with Crippen LogP contribution in [0.1, 0.15) is 12.5 Å². The molecule has 1 aliphatic rings. The Balaban J connectivity index is 2.15. The molecular formula is C13H16F2N2O4. The Kier molecular flexibility index (Phi) is 4.79. The van der Waals surface area contributed by atoms with Crippen molar-refractivity contribution in [2.45, 2.75) is 20.1 Å². The lowest BCUT2D eigenvalue weighted by Crippen LogP contribution is -2.32. The number of amides is 1. The Morgan fingerprint density at radius 2 is 2.10 bits per heavy atom. The van der Waals surface area contributed by atoms with Gasteiger partial charge in [-0.05, 0) is 6.07 Å². The second-order valence-electron chi connectivity index (χ2n) is 4.55. The van der Waals surface area contributed by atoms with Crippen molar-refractivity contribution in [1.82, 2.24) is 5.32 Å². The molecule has 0 saturated carbocycles. The van der Waals surface area contributed by atoms with Gasteiger partial charge in [-0.3, -0.25) is 4.79 Å². The van der Waals surface area contributed by atoms with Crippen LogP contribution in [0.25, 0.3) is 0 Å². The number of alkyl halides is 2. The SMILES string of the molecule is CC(CN)C(=O)NCc1cc2c(cc1OC(F)F)OCO2. The Labute approximate surface area is 120 Å². The van der Waals surface area contributed by atoms with Crippen LogP contribution >= 0.6 is 0 Å². The van der Waals surface area contributed by atoms with Crippen LogP contribution in [0, 0.1) is 5.92 Å². The summed E-state index contributed by atoms with van der Waals surface area (Å²) < 4.78 is 39.6. The third-order valence-electron chi connectivity index (χ3n) is 3.03. The lowest BCUT2D eigenvalue weighted by Gasteiger charge is -2.14. The number of fused-ring (bicyclic) bond motifs is 1. The summed E-state index contributed by atoms with van der Waals surface area (Å²) in [6, 6.07) is 2.83. The van der Waals surface area contributed by atoms with Gasteiger partial charge in [0.15, 0.2) is 11.5 Å². The zero-order chi connectivity index (χ0) is 15.4. The van der Waals surface area contributed by atoms with Gasteiger partial charge in [-0.2, -0.15) is 8.78 Å². The van der Waals surface area contributed by atoms with Crippen LogP contribution < -0.4 is 25.3 Å². The van der Waals surface area contributed by atoms with E-state index in [1.807, 2.05) is 0 Å². The number of carbonyl (C=O) groups is 1. The smallest absolute Gasteiger partial charge is 0.387 e. The molecule has 1 aromatic rings. The van der Waals surface area contributed by atoms with Crippen molar-refractivity contribution in [2.24, 2.45) is 11.7 Å². The molecule has 1 aliphatic heterocycles. The average molecular weight is 302 g/mol. The first kappa shape index (κ1) is 15.3. The molecule has 116 valence electrons. The van der Waals surface area contributed by atoms with Crippen LogP contribution in [0.3, 0.4) is 0 Å². The van der Waals surface area contributed by atoms with Crippen LogP contribution in [0.5, 0.6) is 17.2 Å². The van der Waals surface area contributed by atoms with E-state index in [9.17, 15) is 13.6 Å². The Bertz CT molecular complexity index is 525.